The van der Waals surface area contributed by atoms with Gasteiger partial charge < -0.3 is 15.8 Å². The lowest BCUT2D eigenvalue weighted by atomic mass is 10.2. The van der Waals surface area contributed by atoms with E-state index in [1.54, 1.807) is 0 Å². The highest BCUT2D eigenvalue weighted by Crippen LogP contribution is 2.21. The Bertz CT molecular complexity index is 587. The standard InChI is InChI=1S/C17H21N3O.HI/c1-2-11-19-17(18)20-13-14-7-6-10-16(12-14)21-15-8-4-3-5-9-15;/h3-10,12H,2,11,13H2,1H3,(H3,18,19,20);1H. The second kappa shape index (κ2) is 10.0. The summed E-state index contributed by atoms with van der Waals surface area (Å²) in [6.07, 6.45) is 1.02. The zero-order chi connectivity index (χ0) is 14.9. The van der Waals surface area contributed by atoms with Crippen LogP contribution in [0, 0.1) is 0 Å². The van der Waals surface area contributed by atoms with Gasteiger partial charge in [-0.2, -0.15) is 0 Å². The Labute approximate surface area is 148 Å². The van der Waals surface area contributed by atoms with Crippen LogP contribution in [0.2, 0.25) is 0 Å². The van der Waals surface area contributed by atoms with Crippen LogP contribution in [0.3, 0.4) is 0 Å². The Morgan fingerprint density at radius 1 is 1.09 bits per heavy atom. The maximum atomic E-state index is 5.80. The molecule has 5 heteroatoms. The molecule has 0 aliphatic carbocycles. The van der Waals surface area contributed by atoms with E-state index in [1.165, 1.54) is 0 Å². The zero-order valence-electron chi connectivity index (χ0n) is 12.7. The van der Waals surface area contributed by atoms with Gasteiger partial charge in [-0.1, -0.05) is 37.3 Å². The summed E-state index contributed by atoms with van der Waals surface area (Å²) in [4.78, 5) is 4.31. The minimum atomic E-state index is 0. The lowest BCUT2D eigenvalue weighted by Gasteiger charge is -2.07. The molecular weight excluding hydrogens is 389 g/mol. The molecule has 0 amide bonds. The van der Waals surface area contributed by atoms with E-state index in [1.807, 2.05) is 54.6 Å². The van der Waals surface area contributed by atoms with Crippen LogP contribution in [0.4, 0.5) is 0 Å². The molecule has 0 bridgehead atoms. The molecule has 118 valence electrons. The van der Waals surface area contributed by atoms with Gasteiger partial charge in [-0.05, 0) is 36.2 Å². The first-order valence-electron chi connectivity index (χ1n) is 7.13. The van der Waals surface area contributed by atoms with Crippen molar-refractivity contribution in [3.63, 3.8) is 0 Å². The van der Waals surface area contributed by atoms with Crippen molar-refractivity contribution in [2.45, 2.75) is 19.9 Å². The molecule has 0 aromatic heterocycles. The number of hydrogen-bond donors (Lipinski definition) is 2. The molecule has 0 radical (unpaired) electrons. The fourth-order valence-electron chi connectivity index (χ4n) is 1.82. The molecule has 0 aliphatic heterocycles. The van der Waals surface area contributed by atoms with Gasteiger partial charge in [0.1, 0.15) is 11.5 Å². The van der Waals surface area contributed by atoms with Gasteiger partial charge in [-0.25, -0.2) is 4.99 Å². The second-order valence-electron chi connectivity index (χ2n) is 4.69. The summed E-state index contributed by atoms with van der Waals surface area (Å²) >= 11 is 0. The summed E-state index contributed by atoms with van der Waals surface area (Å²) in [5, 5.41) is 3.05. The lowest BCUT2D eigenvalue weighted by molar-refractivity contribution is 0.482. The first-order valence-corrected chi connectivity index (χ1v) is 7.13. The maximum absolute atomic E-state index is 5.80. The van der Waals surface area contributed by atoms with Crippen molar-refractivity contribution in [2.75, 3.05) is 6.54 Å². The zero-order valence-corrected chi connectivity index (χ0v) is 15.0. The number of guanidine groups is 1. The number of hydrogen-bond acceptors (Lipinski definition) is 2. The van der Waals surface area contributed by atoms with Crippen LogP contribution in [0.15, 0.2) is 59.6 Å². The number of nitrogens with two attached hydrogens (primary N) is 1. The molecule has 3 N–H and O–H groups in total. The molecule has 4 nitrogen and oxygen atoms in total. The number of rotatable bonds is 6. The molecule has 0 saturated heterocycles. The van der Waals surface area contributed by atoms with Gasteiger partial charge in [-0.3, -0.25) is 0 Å². The van der Waals surface area contributed by atoms with Crippen LogP contribution >= 0.6 is 24.0 Å². The number of nitrogens with zero attached hydrogens (tertiary/aromatic N) is 1. The summed E-state index contributed by atoms with van der Waals surface area (Å²) in [5.41, 5.74) is 6.84. The first kappa shape index (κ1) is 18.3. The van der Waals surface area contributed by atoms with E-state index < -0.39 is 0 Å². The number of nitrogens with one attached hydrogen (secondary N) is 1. The summed E-state index contributed by atoms with van der Waals surface area (Å²) in [6, 6.07) is 17.6. The molecule has 0 spiro atoms. The number of aliphatic imine (C=N–C) groups is 1. The molecule has 0 heterocycles. The van der Waals surface area contributed by atoms with E-state index in [-0.39, 0.29) is 24.0 Å². The van der Waals surface area contributed by atoms with Crippen molar-refractivity contribution in [3.8, 4) is 11.5 Å². The third-order valence-corrected chi connectivity index (χ3v) is 2.87. The number of para-hydroxylation sites is 1. The maximum Gasteiger partial charge on any atom is 0.188 e. The number of ether oxygens (including phenoxy) is 1. The van der Waals surface area contributed by atoms with Gasteiger partial charge >= 0.3 is 0 Å². The summed E-state index contributed by atoms with van der Waals surface area (Å²) < 4.78 is 5.80. The normalized spacial score (nSPS) is 10.7. The van der Waals surface area contributed by atoms with E-state index in [2.05, 4.69) is 17.2 Å². The third kappa shape index (κ3) is 6.34. The van der Waals surface area contributed by atoms with E-state index in [9.17, 15) is 0 Å². The molecule has 2 rings (SSSR count). The molecule has 0 fully saturated rings. The average molecular weight is 411 g/mol. The molecule has 2 aromatic carbocycles. The summed E-state index contributed by atoms with van der Waals surface area (Å²) in [5.74, 6) is 2.10. The summed E-state index contributed by atoms with van der Waals surface area (Å²) in [7, 11) is 0. The molecular formula is C17H22IN3O. The average Bonchev–Trinajstić information content (AvgIpc) is 2.52. The third-order valence-electron chi connectivity index (χ3n) is 2.87. The Balaban J connectivity index is 0.00000242. The van der Waals surface area contributed by atoms with Crippen LogP contribution in [0.25, 0.3) is 0 Å². The van der Waals surface area contributed by atoms with E-state index in [0.717, 1.165) is 30.0 Å². The summed E-state index contributed by atoms with van der Waals surface area (Å²) in [6.45, 7) is 3.46. The topological polar surface area (TPSA) is 59.6 Å². The SMILES string of the molecule is CCCNC(N)=NCc1cccc(Oc2ccccc2)c1.I. The molecule has 0 saturated carbocycles. The predicted molar refractivity (Wildman–Crippen MR) is 102 cm³/mol. The smallest absolute Gasteiger partial charge is 0.188 e. The van der Waals surface area contributed by atoms with Crippen molar-refractivity contribution in [3.05, 3.63) is 60.2 Å². The van der Waals surface area contributed by atoms with Crippen LogP contribution in [-0.4, -0.2) is 12.5 Å². The largest absolute Gasteiger partial charge is 0.457 e. The quantitative estimate of drug-likeness (QED) is 0.431. The van der Waals surface area contributed by atoms with Crippen LogP contribution in [-0.2, 0) is 6.54 Å². The van der Waals surface area contributed by atoms with Gasteiger partial charge in [-0.15, -0.1) is 24.0 Å². The Morgan fingerprint density at radius 3 is 2.55 bits per heavy atom. The van der Waals surface area contributed by atoms with Gasteiger partial charge in [0.2, 0.25) is 0 Å². The van der Waals surface area contributed by atoms with Gasteiger partial charge in [0.05, 0.1) is 6.54 Å². The monoisotopic (exact) mass is 411 g/mol. The van der Waals surface area contributed by atoms with Gasteiger partial charge in [0, 0.05) is 6.54 Å². The van der Waals surface area contributed by atoms with Crippen molar-refractivity contribution in [1.82, 2.24) is 5.32 Å². The minimum Gasteiger partial charge on any atom is -0.457 e. The Kier molecular flexibility index (Phi) is 8.35. The number of benzene rings is 2. The van der Waals surface area contributed by atoms with Crippen LogP contribution < -0.4 is 15.8 Å². The van der Waals surface area contributed by atoms with Crippen LogP contribution in [0.5, 0.6) is 11.5 Å². The minimum absolute atomic E-state index is 0. The molecule has 0 unspecified atom stereocenters. The fourth-order valence-corrected chi connectivity index (χ4v) is 1.82. The predicted octanol–water partition coefficient (Wildman–Crippen LogP) is 3.91. The van der Waals surface area contributed by atoms with Gasteiger partial charge in [0.15, 0.2) is 5.96 Å². The highest BCUT2D eigenvalue weighted by atomic mass is 127. The molecule has 2 aromatic rings. The molecule has 22 heavy (non-hydrogen) atoms. The van der Waals surface area contributed by atoms with Crippen molar-refractivity contribution < 1.29 is 4.74 Å². The molecule has 0 aliphatic rings. The highest BCUT2D eigenvalue weighted by molar-refractivity contribution is 14.0. The first-order chi connectivity index (χ1) is 10.3. The van der Waals surface area contributed by atoms with E-state index >= 15 is 0 Å². The lowest BCUT2D eigenvalue weighted by Crippen LogP contribution is -2.32. The Hall–Kier alpha value is -1.76. The van der Waals surface area contributed by atoms with Gasteiger partial charge in [0.25, 0.3) is 0 Å². The van der Waals surface area contributed by atoms with Crippen molar-refractivity contribution in [1.29, 1.82) is 0 Å². The highest BCUT2D eigenvalue weighted by Gasteiger charge is 1.99. The molecule has 0 atom stereocenters. The van der Waals surface area contributed by atoms with E-state index in [4.69, 9.17) is 10.5 Å². The van der Waals surface area contributed by atoms with Crippen molar-refractivity contribution in [2.24, 2.45) is 10.7 Å². The fraction of sp³-hybridized carbons (Fsp3) is 0.235. The number of halogens is 1. The van der Waals surface area contributed by atoms with Crippen molar-refractivity contribution >= 4 is 29.9 Å². The van der Waals surface area contributed by atoms with E-state index in [0.29, 0.717) is 12.5 Å². The Morgan fingerprint density at radius 2 is 1.82 bits per heavy atom. The van der Waals surface area contributed by atoms with Crippen LogP contribution in [0.1, 0.15) is 18.9 Å². The second-order valence-corrected chi connectivity index (χ2v) is 4.69.